The third-order valence-electron chi connectivity index (χ3n) is 5.27. The van der Waals surface area contributed by atoms with Crippen LogP contribution in [0.1, 0.15) is 17.5 Å². The van der Waals surface area contributed by atoms with E-state index in [1.165, 1.54) is 35.4 Å². The van der Waals surface area contributed by atoms with Crippen LogP contribution in [0.3, 0.4) is 0 Å². The van der Waals surface area contributed by atoms with Crippen LogP contribution in [0, 0.1) is 5.82 Å². The molecule has 0 saturated carbocycles. The summed E-state index contributed by atoms with van der Waals surface area (Å²) in [6.45, 7) is 0.396. The second kappa shape index (κ2) is 7.42. The Hall–Kier alpha value is -3.22. The van der Waals surface area contributed by atoms with E-state index in [0.717, 1.165) is 12.8 Å². The lowest BCUT2D eigenvalue weighted by Gasteiger charge is -2.24. The van der Waals surface area contributed by atoms with Crippen molar-refractivity contribution in [2.45, 2.75) is 31.3 Å². The van der Waals surface area contributed by atoms with Gasteiger partial charge in [-0.05, 0) is 48.2 Å². The van der Waals surface area contributed by atoms with Crippen LogP contribution in [0.15, 0.2) is 48.5 Å². The number of likely N-dealkylation sites (tertiary alicyclic amines) is 1. The molecule has 1 aliphatic heterocycles. The number of fused-ring (bicyclic) bond motifs is 1. The number of benzene rings is 2. The number of amides is 3. The van der Waals surface area contributed by atoms with Crippen LogP contribution >= 0.6 is 0 Å². The maximum Gasteiger partial charge on any atom is 0.313 e. The molecule has 1 aliphatic carbocycles. The average molecular weight is 381 g/mol. The van der Waals surface area contributed by atoms with Crippen molar-refractivity contribution in [3.63, 3.8) is 0 Å². The highest BCUT2D eigenvalue weighted by molar-refractivity contribution is 6.39. The van der Waals surface area contributed by atoms with Gasteiger partial charge in [0.2, 0.25) is 5.91 Å². The maximum absolute atomic E-state index is 12.9. The third kappa shape index (κ3) is 3.74. The second-order valence-corrected chi connectivity index (χ2v) is 7.21. The maximum atomic E-state index is 12.9. The Morgan fingerprint density at radius 2 is 1.57 bits per heavy atom. The first-order chi connectivity index (χ1) is 13.5. The molecule has 0 radical (unpaired) electrons. The SMILES string of the molecule is O=C(Nc1ccc(F)cc1)C(=O)N[C@H]1CC(=O)N(C2Cc3ccccc3C2)C1. The van der Waals surface area contributed by atoms with E-state index < -0.39 is 23.7 Å². The Morgan fingerprint density at radius 1 is 0.929 bits per heavy atom. The first-order valence-corrected chi connectivity index (χ1v) is 9.23. The van der Waals surface area contributed by atoms with Crippen molar-refractivity contribution in [3.8, 4) is 0 Å². The lowest BCUT2D eigenvalue weighted by Crippen LogP contribution is -2.44. The Labute approximate surface area is 161 Å². The minimum Gasteiger partial charge on any atom is -0.343 e. The zero-order valence-corrected chi connectivity index (χ0v) is 15.2. The molecule has 28 heavy (non-hydrogen) atoms. The van der Waals surface area contributed by atoms with Crippen LogP contribution in [0.25, 0.3) is 0 Å². The van der Waals surface area contributed by atoms with Crippen LogP contribution in [0.4, 0.5) is 10.1 Å². The van der Waals surface area contributed by atoms with Crippen molar-refractivity contribution in [2.75, 3.05) is 11.9 Å². The van der Waals surface area contributed by atoms with Gasteiger partial charge in [0.15, 0.2) is 0 Å². The molecule has 1 saturated heterocycles. The summed E-state index contributed by atoms with van der Waals surface area (Å²) in [6, 6.07) is 13.0. The van der Waals surface area contributed by atoms with Gasteiger partial charge in [-0.1, -0.05) is 24.3 Å². The number of halogens is 1. The van der Waals surface area contributed by atoms with Gasteiger partial charge >= 0.3 is 11.8 Å². The van der Waals surface area contributed by atoms with E-state index in [1.54, 1.807) is 0 Å². The molecule has 2 aromatic rings. The molecule has 0 unspecified atom stereocenters. The zero-order valence-electron chi connectivity index (χ0n) is 15.2. The van der Waals surface area contributed by atoms with E-state index in [2.05, 4.69) is 22.8 Å². The standard InChI is InChI=1S/C21H20FN3O3/c22-15-5-7-16(8-6-15)23-20(27)21(28)24-17-11-19(26)25(12-17)18-9-13-3-1-2-4-14(13)10-18/h1-8,17-18H,9-12H2,(H,23,27)(H,24,28)/t17-/m0/s1. The minimum atomic E-state index is -0.842. The van der Waals surface area contributed by atoms with Gasteiger partial charge in [0, 0.05) is 24.7 Å². The van der Waals surface area contributed by atoms with Crippen LogP contribution < -0.4 is 10.6 Å². The number of carbonyl (C=O) groups excluding carboxylic acids is 3. The number of rotatable bonds is 3. The summed E-state index contributed by atoms with van der Waals surface area (Å²) in [4.78, 5) is 38.4. The fourth-order valence-corrected chi connectivity index (χ4v) is 3.91. The summed E-state index contributed by atoms with van der Waals surface area (Å²) in [7, 11) is 0. The molecule has 7 heteroatoms. The normalized spacial score (nSPS) is 18.8. The largest absolute Gasteiger partial charge is 0.343 e. The van der Waals surface area contributed by atoms with Crippen LogP contribution in [0.5, 0.6) is 0 Å². The number of anilines is 1. The molecular formula is C21H20FN3O3. The smallest absolute Gasteiger partial charge is 0.313 e. The van der Waals surface area contributed by atoms with Crippen molar-refractivity contribution in [1.29, 1.82) is 0 Å². The molecule has 0 bridgehead atoms. The van der Waals surface area contributed by atoms with E-state index in [1.807, 2.05) is 17.0 Å². The summed E-state index contributed by atoms with van der Waals surface area (Å²) in [5.41, 5.74) is 2.84. The fourth-order valence-electron chi connectivity index (χ4n) is 3.91. The van der Waals surface area contributed by atoms with Crippen molar-refractivity contribution in [3.05, 3.63) is 65.5 Å². The van der Waals surface area contributed by atoms with E-state index >= 15 is 0 Å². The highest BCUT2D eigenvalue weighted by Crippen LogP contribution is 2.28. The molecule has 1 atom stereocenters. The Morgan fingerprint density at radius 3 is 2.21 bits per heavy atom. The summed E-state index contributed by atoms with van der Waals surface area (Å²) in [5.74, 6) is -2.09. The Kier molecular flexibility index (Phi) is 4.81. The predicted molar refractivity (Wildman–Crippen MR) is 101 cm³/mol. The number of nitrogens with zero attached hydrogens (tertiary/aromatic N) is 1. The van der Waals surface area contributed by atoms with Gasteiger partial charge in [0.1, 0.15) is 5.82 Å². The van der Waals surface area contributed by atoms with E-state index in [9.17, 15) is 18.8 Å². The molecule has 0 aromatic heterocycles. The summed E-state index contributed by atoms with van der Waals surface area (Å²) >= 11 is 0. The van der Waals surface area contributed by atoms with Gasteiger partial charge in [-0.2, -0.15) is 0 Å². The molecule has 3 amide bonds. The van der Waals surface area contributed by atoms with Crippen LogP contribution in [-0.2, 0) is 27.2 Å². The highest BCUT2D eigenvalue weighted by Gasteiger charge is 2.38. The molecule has 1 heterocycles. The molecule has 0 spiro atoms. The van der Waals surface area contributed by atoms with E-state index in [4.69, 9.17) is 0 Å². The molecule has 2 N–H and O–H groups in total. The lowest BCUT2D eigenvalue weighted by molar-refractivity contribution is -0.136. The van der Waals surface area contributed by atoms with E-state index in [0.29, 0.717) is 12.2 Å². The first kappa shape index (κ1) is 18.2. The van der Waals surface area contributed by atoms with E-state index in [-0.39, 0.29) is 18.4 Å². The third-order valence-corrected chi connectivity index (χ3v) is 5.27. The zero-order chi connectivity index (χ0) is 19.7. The minimum absolute atomic E-state index is 0.0120. The number of hydrogen-bond acceptors (Lipinski definition) is 3. The summed E-state index contributed by atoms with van der Waals surface area (Å²) < 4.78 is 12.9. The quantitative estimate of drug-likeness (QED) is 0.794. The Balaban J connectivity index is 1.32. The molecular weight excluding hydrogens is 361 g/mol. The van der Waals surface area contributed by atoms with Gasteiger partial charge in [-0.15, -0.1) is 0 Å². The molecule has 1 fully saturated rings. The van der Waals surface area contributed by atoms with Gasteiger partial charge < -0.3 is 15.5 Å². The van der Waals surface area contributed by atoms with Gasteiger partial charge in [-0.25, -0.2) is 4.39 Å². The first-order valence-electron chi connectivity index (χ1n) is 9.23. The molecule has 6 nitrogen and oxygen atoms in total. The Bertz CT molecular complexity index is 904. The van der Waals surface area contributed by atoms with Crippen molar-refractivity contribution in [1.82, 2.24) is 10.2 Å². The molecule has 144 valence electrons. The van der Waals surface area contributed by atoms with Crippen molar-refractivity contribution < 1.29 is 18.8 Å². The number of nitrogens with one attached hydrogen (secondary N) is 2. The monoisotopic (exact) mass is 381 g/mol. The molecule has 2 aromatic carbocycles. The van der Waals surface area contributed by atoms with Crippen LogP contribution in [-0.4, -0.2) is 41.2 Å². The molecule has 4 rings (SSSR count). The lowest BCUT2D eigenvalue weighted by atomic mass is 10.1. The summed E-state index contributed by atoms with van der Waals surface area (Å²) in [6.07, 6.45) is 1.81. The fraction of sp³-hybridized carbons (Fsp3) is 0.286. The van der Waals surface area contributed by atoms with Gasteiger partial charge in [-0.3, -0.25) is 14.4 Å². The summed E-state index contributed by atoms with van der Waals surface area (Å²) in [5, 5.41) is 5.04. The topological polar surface area (TPSA) is 78.5 Å². The molecule has 2 aliphatic rings. The van der Waals surface area contributed by atoms with Crippen molar-refractivity contribution in [2.24, 2.45) is 0 Å². The van der Waals surface area contributed by atoms with Gasteiger partial charge in [0.05, 0.1) is 6.04 Å². The second-order valence-electron chi connectivity index (χ2n) is 7.21. The number of hydrogen-bond donors (Lipinski definition) is 2. The van der Waals surface area contributed by atoms with Crippen molar-refractivity contribution >= 4 is 23.4 Å². The predicted octanol–water partition coefficient (Wildman–Crippen LogP) is 1.65. The highest BCUT2D eigenvalue weighted by atomic mass is 19.1. The number of carbonyl (C=O) groups is 3. The van der Waals surface area contributed by atoms with Crippen LogP contribution in [0.2, 0.25) is 0 Å². The average Bonchev–Trinajstić information content (AvgIpc) is 3.26. The van der Waals surface area contributed by atoms with Gasteiger partial charge in [0.25, 0.3) is 0 Å².